The number of aromatic nitrogens is 1. The molecule has 0 aliphatic carbocycles. The number of hydrogen-bond acceptors (Lipinski definition) is 3. The van der Waals surface area contributed by atoms with Crippen molar-refractivity contribution in [2.24, 2.45) is 4.99 Å². The predicted octanol–water partition coefficient (Wildman–Crippen LogP) is 4.68. The van der Waals surface area contributed by atoms with Crippen molar-refractivity contribution in [2.75, 3.05) is 13.7 Å². The number of methoxy groups -OCH3 is 1. The third-order valence-electron chi connectivity index (χ3n) is 4.79. The smallest absolute Gasteiger partial charge is 0.279 e. The lowest BCUT2D eigenvalue weighted by atomic mass is 9.99. The number of carbonyl (C=O) groups excluding carboxylic acids is 1. The summed E-state index contributed by atoms with van der Waals surface area (Å²) in [4.78, 5) is 18.3. The van der Waals surface area contributed by atoms with Crippen LogP contribution in [0, 0.1) is 0 Å². The average Bonchev–Trinajstić information content (AvgIpc) is 3.10. The van der Waals surface area contributed by atoms with E-state index < -0.39 is 0 Å². The van der Waals surface area contributed by atoms with Crippen LogP contribution in [0.25, 0.3) is 10.2 Å². The molecule has 5 heteroatoms. The Kier molecular flexibility index (Phi) is 5.98. The third-order valence-corrected chi connectivity index (χ3v) is 5.85. The van der Waals surface area contributed by atoms with Gasteiger partial charge in [0.15, 0.2) is 4.80 Å². The average molecular weight is 403 g/mol. The minimum atomic E-state index is -0.214. The van der Waals surface area contributed by atoms with Crippen LogP contribution >= 0.6 is 11.3 Å². The standard InChI is InChI=1S/C24H22N2O2S/c1-28-16-15-26-21-13-7-8-14-22(21)29-24(26)25-23(27)20-12-6-5-11-19(20)17-18-9-3-2-4-10-18/h2-14H,15-17H2,1H3/b25-24-. The summed E-state index contributed by atoms with van der Waals surface area (Å²) in [5, 5.41) is 0. The number of benzene rings is 3. The van der Waals surface area contributed by atoms with Crippen molar-refractivity contribution in [3.8, 4) is 0 Å². The third kappa shape index (κ3) is 4.36. The Labute approximate surface area is 173 Å². The van der Waals surface area contributed by atoms with Gasteiger partial charge in [-0.05, 0) is 35.7 Å². The normalized spacial score (nSPS) is 11.8. The first-order valence-electron chi connectivity index (χ1n) is 9.54. The number of rotatable bonds is 6. The number of hydrogen-bond donors (Lipinski definition) is 0. The van der Waals surface area contributed by atoms with Gasteiger partial charge in [-0.15, -0.1) is 0 Å². The van der Waals surface area contributed by atoms with E-state index in [0.29, 0.717) is 29.9 Å². The van der Waals surface area contributed by atoms with Gasteiger partial charge in [0.1, 0.15) is 0 Å². The van der Waals surface area contributed by atoms with E-state index in [0.717, 1.165) is 15.8 Å². The molecule has 1 aromatic heterocycles. The lowest BCUT2D eigenvalue weighted by Gasteiger charge is -2.07. The molecule has 0 spiro atoms. The molecule has 4 rings (SSSR count). The first kappa shape index (κ1) is 19.3. The van der Waals surface area contributed by atoms with Crippen LogP contribution in [-0.2, 0) is 17.7 Å². The zero-order chi connectivity index (χ0) is 20.1. The van der Waals surface area contributed by atoms with E-state index in [9.17, 15) is 4.79 Å². The van der Waals surface area contributed by atoms with Crippen molar-refractivity contribution in [2.45, 2.75) is 13.0 Å². The van der Waals surface area contributed by atoms with Crippen molar-refractivity contribution in [3.63, 3.8) is 0 Å². The van der Waals surface area contributed by atoms with Gasteiger partial charge >= 0.3 is 0 Å². The Morgan fingerprint density at radius 2 is 1.69 bits per heavy atom. The number of thiazole rings is 1. The maximum atomic E-state index is 13.1. The fraction of sp³-hybridized carbons (Fsp3) is 0.167. The van der Waals surface area contributed by atoms with Gasteiger partial charge in [-0.3, -0.25) is 4.79 Å². The molecule has 1 amide bonds. The van der Waals surface area contributed by atoms with Crippen molar-refractivity contribution < 1.29 is 9.53 Å². The second-order valence-electron chi connectivity index (χ2n) is 6.73. The van der Waals surface area contributed by atoms with Crippen LogP contribution in [0.4, 0.5) is 0 Å². The molecule has 0 aliphatic heterocycles. The molecule has 0 fully saturated rings. The van der Waals surface area contributed by atoms with Gasteiger partial charge in [0.2, 0.25) is 0 Å². The molecule has 0 atom stereocenters. The molecule has 0 N–H and O–H groups in total. The Bertz CT molecular complexity index is 1190. The molecule has 0 bridgehead atoms. The van der Waals surface area contributed by atoms with E-state index in [2.05, 4.69) is 27.8 Å². The molecule has 146 valence electrons. The molecule has 29 heavy (non-hydrogen) atoms. The second kappa shape index (κ2) is 8.99. The second-order valence-corrected chi connectivity index (χ2v) is 7.74. The van der Waals surface area contributed by atoms with Gasteiger partial charge in [0, 0.05) is 19.2 Å². The zero-order valence-electron chi connectivity index (χ0n) is 16.2. The molecular formula is C24H22N2O2S. The van der Waals surface area contributed by atoms with Crippen LogP contribution in [0.15, 0.2) is 83.9 Å². The van der Waals surface area contributed by atoms with Crippen LogP contribution < -0.4 is 4.80 Å². The highest BCUT2D eigenvalue weighted by molar-refractivity contribution is 7.16. The lowest BCUT2D eigenvalue weighted by molar-refractivity contribution is 0.0996. The van der Waals surface area contributed by atoms with E-state index in [1.54, 1.807) is 7.11 Å². The Morgan fingerprint density at radius 3 is 2.52 bits per heavy atom. The highest BCUT2D eigenvalue weighted by atomic mass is 32.1. The van der Waals surface area contributed by atoms with Crippen molar-refractivity contribution in [3.05, 3.63) is 100 Å². The largest absolute Gasteiger partial charge is 0.383 e. The summed E-state index contributed by atoms with van der Waals surface area (Å²) in [7, 11) is 1.68. The Balaban J connectivity index is 1.74. The fourth-order valence-corrected chi connectivity index (χ4v) is 4.41. The molecule has 3 aromatic carbocycles. The van der Waals surface area contributed by atoms with E-state index in [1.807, 2.05) is 60.7 Å². The van der Waals surface area contributed by atoms with Crippen molar-refractivity contribution in [1.82, 2.24) is 4.57 Å². The van der Waals surface area contributed by atoms with Gasteiger partial charge in [0.05, 0.1) is 16.8 Å². The first-order valence-corrected chi connectivity index (χ1v) is 10.4. The molecule has 0 saturated carbocycles. The lowest BCUT2D eigenvalue weighted by Crippen LogP contribution is -2.19. The van der Waals surface area contributed by atoms with E-state index >= 15 is 0 Å². The van der Waals surface area contributed by atoms with E-state index in [1.165, 1.54) is 16.9 Å². The predicted molar refractivity (Wildman–Crippen MR) is 117 cm³/mol. The van der Waals surface area contributed by atoms with Gasteiger partial charge in [0.25, 0.3) is 5.91 Å². The minimum absolute atomic E-state index is 0.214. The van der Waals surface area contributed by atoms with E-state index in [4.69, 9.17) is 4.74 Å². The molecule has 0 saturated heterocycles. The van der Waals surface area contributed by atoms with Gasteiger partial charge in [-0.1, -0.05) is 72.0 Å². The fourth-order valence-electron chi connectivity index (χ4n) is 3.35. The van der Waals surface area contributed by atoms with Crippen molar-refractivity contribution in [1.29, 1.82) is 0 Å². The van der Waals surface area contributed by atoms with Gasteiger partial charge in [-0.25, -0.2) is 0 Å². The summed E-state index contributed by atoms with van der Waals surface area (Å²) in [6.07, 6.45) is 0.703. The topological polar surface area (TPSA) is 43.6 Å². The Hall–Kier alpha value is -3.02. The SMILES string of the molecule is COCCn1/c(=N/C(=O)c2ccccc2Cc2ccccc2)sc2ccccc21. The summed E-state index contributed by atoms with van der Waals surface area (Å²) < 4.78 is 8.41. The molecule has 4 nitrogen and oxygen atoms in total. The molecule has 0 radical (unpaired) electrons. The minimum Gasteiger partial charge on any atom is -0.383 e. The van der Waals surface area contributed by atoms with Crippen LogP contribution in [0.5, 0.6) is 0 Å². The maximum absolute atomic E-state index is 13.1. The quantitative estimate of drug-likeness (QED) is 0.470. The summed E-state index contributed by atoms with van der Waals surface area (Å²) in [5.41, 5.74) is 3.87. The van der Waals surface area contributed by atoms with Crippen LogP contribution in [0.1, 0.15) is 21.5 Å². The molecule has 1 heterocycles. The monoisotopic (exact) mass is 402 g/mol. The van der Waals surface area contributed by atoms with Gasteiger partial charge in [-0.2, -0.15) is 4.99 Å². The maximum Gasteiger partial charge on any atom is 0.279 e. The first-order chi connectivity index (χ1) is 14.3. The van der Waals surface area contributed by atoms with Crippen LogP contribution in [0.3, 0.4) is 0 Å². The number of carbonyl (C=O) groups is 1. The summed E-state index contributed by atoms with van der Waals surface area (Å²) in [5.74, 6) is -0.214. The number of amides is 1. The number of para-hydroxylation sites is 1. The summed E-state index contributed by atoms with van der Waals surface area (Å²) >= 11 is 1.53. The van der Waals surface area contributed by atoms with Gasteiger partial charge < -0.3 is 9.30 Å². The molecule has 0 unspecified atom stereocenters. The molecular weight excluding hydrogens is 380 g/mol. The highest BCUT2D eigenvalue weighted by Crippen LogP contribution is 2.18. The molecule has 4 aromatic rings. The highest BCUT2D eigenvalue weighted by Gasteiger charge is 2.12. The van der Waals surface area contributed by atoms with E-state index in [-0.39, 0.29) is 5.91 Å². The van der Waals surface area contributed by atoms with Crippen molar-refractivity contribution >= 4 is 27.5 Å². The summed E-state index contributed by atoms with van der Waals surface area (Å²) in [6.45, 7) is 1.21. The number of nitrogens with zero attached hydrogens (tertiary/aromatic N) is 2. The molecule has 0 aliphatic rings. The zero-order valence-corrected chi connectivity index (χ0v) is 17.1. The van der Waals surface area contributed by atoms with Crippen LogP contribution in [-0.4, -0.2) is 24.2 Å². The Morgan fingerprint density at radius 1 is 0.966 bits per heavy atom. The summed E-state index contributed by atoms with van der Waals surface area (Å²) in [6, 6.07) is 26.0. The number of ether oxygens (including phenoxy) is 1. The number of fused-ring (bicyclic) bond motifs is 1. The van der Waals surface area contributed by atoms with Crippen LogP contribution in [0.2, 0.25) is 0 Å².